The zero-order valence-corrected chi connectivity index (χ0v) is 17.4. The second-order valence-corrected chi connectivity index (χ2v) is 7.91. The molecule has 0 aliphatic carbocycles. The largest absolute Gasteiger partial charge is 0.368 e. The van der Waals surface area contributed by atoms with Gasteiger partial charge in [0.1, 0.15) is 12.7 Å². The van der Waals surface area contributed by atoms with E-state index in [9.17, 15) is 4.79 Å². The Labute approximate surface area is 181 Å². The first kappa shape index (κ1) is 20.4. The standard InChI is InChI=1S/C22H25ClN6O/c23-19-7-5-17(6-8-19)13-20(24)22(30)28-11-9-27(10-12-28)21-4-2-1-3-18(21)14-29-16-25-15-26-29/h1-8,15-16,20H,9-14,24H2/t20-/m1/s1. The summed E-state index contributed by atoms with van der Waals surface area (Å²) in [6.45, 7) is 3.53. The number of carbonyl (C=O) groups is 1. The predicted octanol–water partition coefficient (Wildman–Crippen LogP) is 2.20. The third-order valence-corrected chi connectivity index (χ3v) is 5.66. The van der Waals surface area contributed by atoms with E-state index in [-0.39, 0.29) is 5.91 Å². The van der Waals surface area contributed by atoms with Gasteiger partial charge in [0.25, 0.3) is 0 Å². The lowest BCUT2D eigenvalue weighted by atomic mass is 10.0. The van der Waals surface area contributed by atoms with Gasteiger partial charge in [0.2, 0.25) is 5.91 Å². The minimum Gasteiger partial charge on any atom is -0.368 e. The van der Waals surface area contributed by atoms with E-state index in [1.807, 2.05) is 46.0 Å². The Morgan fingerprint density at radius 2 is 1.80 bits per heavy atom. The van der Waals surface area contributed by atoms with Crippen molar-refractivity contribution < 1.29 is 4.79 Å². The molecule has 1 amide bonds. The summed E-state index contributed by atoms with van der Waals surface area (Å²) < 4.78 is 1.81. The predicted molar refractivity (Wildman–Crippen MR) is 117 cm³/mol. The van der Waals surface area contributed by atoms with E-state index in [1.165, 1.54) is 11.3 Å². The molecule has 1 fully saturated rings. The number of benzene rings is 2. The lowest BCUT2D eigenvalue weighted by Gasteiger charge is -2.38. The zero-order chi connectivity index (χ0) is 20.9. The summed E-state index contributed by atoms with van der Waals surface area (Å²) in [7, 11) is 0. The van der Waals surface area contributed by atoms with Crippen LogP contribution in [0.2, 0.25) is 5.02 Å². The monoisotopic (exact) mass is 424 g/mol. The number of para-hydroxylation sites is 1. The van der Waals surface area contributed by atoms with Gasteiger partial charge in [0, 0.05) is 36.9 Å². The average molecular weight is 425 g/mol. The van der Waals surface area contributed by atoms with Crippen molar-refractivity contribution >= 4 is 23.2 Å². The fraction of sp³-hybridized carbons (Fsp3) is 0.318. The Kier molecular flexibility index (Phi) is 6.30. The second-order valence-electron chi connectivity index (χ2n) is 7.47. The van der Waals surface area contributed by atoms with E-state index >= 15 is 0 Å². The van der Waals surface area contributed by atoms with Gasteiger partial charge < -0.3 is 15.5 Å². The van der Waals surface area contributed by atoms with Crippen LogP contribution in [0.4, 0.5) is 5.69 Å². The summed E-state index contributed by atoms with van der Waals surface area (Å²) in [4.78, 5) is 21.0. The number of aromatic nitrogens is 3. The van der Waals surface area contributed by atoms with Gasteiger partial charge in [-0.15, -0.1) is 0 Å². The SMILES string of the molecule is N[C@H](Cc1ccc(Cl)cc1)C(=O)N1CCN(c2ccccc2Cn2cncn2)CC1. The van der Waals surface area contributed by atoms with Crippen LogP contribution in [0.15, 0.2) is 61.2 Å². The molecule has 3 aromatic rings. The molecule has 0 saturated carbocycles. The lowest BCUT2D eigenvalue weighted by molar-refractivity contribution is -0.132. The van der Waals surface area contributed by atoms with Gasteiger partial charge in [-0.25, -0.2) is 9.67 Å². The molecule has 0 bridgehead atoms. The van der Waals surface area contributed by atoms with Crippen molar-refractivity contribution in [1.29, 1.82) is 0 Å². The topological polar surface area (TPSA) is 80.3 Å². The summed E-state index contributed by atoms with van der Waals surface area (Å²) in [5.74, 6) is 0.000464. The van der Waals surface area contributed by atoms with Crippen LogP contribution in [0.25, 0.3) is 0 Å². The number of nitrogens with two attached hydrogens (primary N) is 1. The Morgan fingerprint density at radius 3 is 2.50 bits per heavy atom. The van der Waals surface area contributed by atoms with Crippen LogP contribution in [-0.4, -0.2) is 57.8 Å². The molecule has 1 saturated heterocycles. The van der Waals surface area contributed by atoms with E-state index in [2.05, 4.69) is 27.1 Å². The number of piperazine rings is 1. The van der Waals surface area contributed by atoms with Crippen molar-refractivity contribution in [1.82, 2.24) is 19.7 Å². The maximum Gasteiger partial charge on any atom is 0.239 e. The van der Waals surface area contributed by atoms with Gasteiger partial charge in [0.15, 0.2) is 0 Å². The highest BCUT2D eigenvalue weighted by Crippen LogP contribution is 2.23. The van der Waals surface area contributed by atoms with Crippen molar-refractivity contribution in [3.05, 3.63) is 77.3 Å². The van der Waals surface area contributed by atoms with Gasteiger partial charge in [-0.1, -0.05) is 41.9 Å². The van der Waals surface area contributed by atoms with Crippen LogP contribution in [0.1, 0.15) is 11.1 Å². The van der Waals surface area contributed by atoms with Crippen molar-refractivity contribution in [2.24, 2.45) is 5.73 Å². The van der Waals surface area contributed by atoms with Crippen molar-refractivity contribution in [3.63, 3.8) is 0 Å². The molecule has 1 atom stereocenters. The van der Waals surface area contributed by atoms with Crippen molar-refractivity contribution in [2.45, 2.75) is 19.0 Å². The summed E-state index contributed by atoms with van der Waals surface area (Å²) >= 11 is 5.93. The molecule has 1 aliphatic rings. The van der Waals surface area contributed by atoms with E-state index in [1.54, 1.807) is 12.7 Å². The van der Waals surface area contributed by atoms with Crippen LogP contribution in [0.3, 0.4) is 0 Å². The van der Waals surface area contributed by atoms with Crippen LogP contribution in [-0.2, 0) is 17.8 Å². The molecule has 0 radical (unpaired) electrons. The zero-order valence-electron chi connectivity index (χ0n) is 16.7. The molecule has 0 unspecified atom stereocenters. The Bertz CT molecular complexity index is 968. The smallest absolute Gasteiger partial charge is 0.239 e. The quantitative estimate of drug-likeness (QED) is 0.656. The number of amides is 1. The summed E-state index contributed by atoms with van der Waals surface area (Å²) in [6.07, 6.45) is 3.77. The average Bonchev–Trinajstić information content (AvgIpc) is 3.28. The maximum atomic E-state index is 12.8. The number of rotatable bonds is 6. The number of anilines is 1. The number of hydrogen-bond donors (Lipinski definition) is 1. The van der Waals surface area contributed by atoms with E-state index in [4.69, 9.17) is 17.3 Å². The molecular formula is C22H25ClN6O. The molecule has 2 N–H and O–H groups in total. The van der Waals surface area contributed by atoms with Gasteiger partial charge in [-0.2, -0.15) is 5.10 Å². The number of hydrogen-bond acceptors (Lipinski definition) is 5. The molecule has 30 heavy (non-hydrogen) atoms. The van der Waals surface area contributed by atoms with Gasteiger partial charge in [-0.3, -0.25) is 4.79 Å². The minimum atomic E-state index is -0.544. The highest BCUT2D eigenvalue weighted by molar-refractivity contribution is 6.30. The van der Waals surface area contributed by atoms with Crippen molar-refractivity contribution in [3.8, 4) is 0 Å². The third kappa shape index (κ3) is 4.80. The van der Waals surface area contributed by atoms with Crippen LogP contribution < -0.4 is 10.6 Å². The molecule has 2 aromatic carbocycles. The number of nitrogens with zero attached hydrogens (tertiary/aromatic N) is 5. The van der Waals surface area contributed by atoms with Crippen LogP contribution in [0.5, 0.6) is 0 Å². The van der Waals surface area contributed by atoms with Gasteiger partial charge >= 0.3 is 0 Å². The minimum absolute atomic E-state index is 0.000464. The molecule has 2 heterocycles. The molecular weight excluding hydrogens is 400 g/mol. The number of halogens is 1. The number of carbonyl (C=O) groups excluding carboxylic acids is 1. The molecule has 1 aromatic heterocycles. The summed E-state index contributed by atoms with van der Waals surface area (Å²) in [5, 5.41) is 4.88. The van der Waals surface area contributed by atoms with E-state index < -0.39 is 6.04 Å². The maximum absolute atomic E-state index is 12.8. The van der Waals surface area contributed by atoms with E-state index in [0.29, 0.717) is 31.1 Å². The molecule has 156 valence electrons. The highest BCUT2D eigenvalue weighted by Gasteiger charge is 2.26. The first-order chi connectivity index (χ1) is 14.6. The lowest BCUT2D eigenvalue weighted by Crippen LogP contribution is -2.53. The van der Waals surface area contributed by atoms with Gasteiger partial charge in [0.05, 0.1) is 12.6 Å². The molecule has 4 rings (SSSR count). The molecule has 0 spiro atoms. The Morgan fingerprint density at radius 1 is 1.07 bits per heavy atom. The molecule has 1 aliphatic heterocycles. The van der Waals surface area contributed by atoms with E-state index in [0.717, 1.165) is 18.7 Å². The van der Waals surface area contributed by atoms with Gasteiger partial charge in [-0.05, 0) is 35.7 Å². The summed E-state index contributed by atoms with van der Waals surface area (Å²) in [5.41, 5.74) is 9.58. The Balaban J connectivity index is 1.36. The first-order valence-corrected chi connectivity index (χ1v) is 10.4. The molecule has 7 nitrogen and oxygen atoms in total. The third-order valence-electron chi connectivity index (χ3n) is 5.41. The second kappa shape index (κ2) is 9.28. The van der Waals surface area contributed by atoms with Crippen LogP contribution in [0, 0.1) is 0 Å². The molecule has 8 heteroatoms. The fourth-order valence-electron chi connectivity index (χ4n) is 3.81. The normalized spacial score (nSPS) is 15.3. The van der Waals surface area contributed by atoms with Crippen molar-refractivity contribution in [2.75, 3.05) is 31.1 Å². The Hall–Kier alpha value is -2.90. The van der Waals surface area contributed by atoms with Crippen LogP contribution >= 0.6 is 11.6 Å². The highest BCUT2D eigenvalue weighted by atomic mass is 35.5. The summed E-state index contributed by atoms with van der Waals surface area (Å²) in [6, 6.07) is 15.2. The first-order valence-electron chi connectivity index (χ1n) is 10.0. The fourth-order valence-corrected chi connectivity index (χ4v) is 3.93.